The predicted molar refractivity (Wildman–Crippen MR) is 70.1 cm³/mol. The van der Waals surface area contributed by atoms with Crippen molar-refractivity contribution in [3.63, 3.8) is 0 Å². The third-order valence-electron chi connectivity index (χ3n) is 3.50. The summed E-state index contributed by atoms with van der Waals surface area (Å²) in [5.74, 6) is 0.823. The van der Waals surface area contributed by atoms with Crippen LogP contribution in [0, 0.1) is 5.92 Å². The molecular weight excluding hydrogens is 210 g/mol. The van der Waals surface area contributed by atoms with Gasteiger partial charge in [-0.3, -0.25) is 4.79 Å². The van der Waals surface area contributed by atoms with Crippen LogP contribution in [0.4, 0.5) is 0 Å². The maximum atomic E-state index is 12.3. The molecular formula is C15H21NO. The van der Waals surface area contributed by atoms with Crippen molar-refractivity contribution in [2.24, 2.45) is 5.92 Å². The lowest BCUT2D eigenvalue weighted by atomic mass is 9.97. The molecule has 1 aromatic rings. The molecule has 2 heteroatoms. The van der Waals surface area contributed by atoms with Gasteiger partial charge in [0, 0.05) is 18.7 Å². The first-order chi connectivity index (χ1) is 8.22. The van der Waals surface area contributed by atoms with E-state index in [4.69, 9.17) is 0 Å². The molecule has 0 saturated carbocycles. The number of fused-ring (bicyclic) bond motifs is 1. The van der Waals surface area contributed by atoms with Crippen LogP contribution in [0.2, 0.25) is 0 Å². The number of carbonyl (C=O) groups excluding carboxylic acids is 1. The van der Waals surface area contributed by atoms with Gasteiger partial charge in [0.05, 0.1) is 0 Å². The lowest BCUT2D eigenvalue weighted by Crippen LogP contribution is -2.40. The van der Waals surface area contributed by atoms with Crippen molar-refractivity contribution < 1.29 is 4.79 Å². The Bertz CT molecular complexity index is 400. The minimum absolute atomic E-state index is 0.217. The lowest BCUT2D eigenvalue weighted by molar-refractivity contribution is 0.0713. The van der Waals surface area contributed by atoms with Crippen molar-refractivity contribution in [1.82, 2.24) is 4.90 Å². The second kappa shape index (κ2) is 5.35. The first-order valence-electron chi connectivity index (χ1n) is 6.59. The highest BCUT2D eigenvalue weighted by Crippen LogP contribution is 2.20. The molecule has 2 nitrogen and oxygen atoms in total. The second-order valence-electron chi connectivity index (χ2n) is 5.05. The van der Waals surface area contributed by atoms with E-state index in [9.17, 15) is 4.79 Å². The molecule has 0 saturated heterocycles. The summed E-state index contributed by atoms with van der Waals surface area (Å²) in [7, 11) is 0. The monoisotopic (exact) mass is 231 g/mol. The lowest BCUT2D eigenvalue weighted by Gasteiger charge is -2.30. The van der Waals surface area contributed by atoms with Crippen molar-refractivity contribution in [2.75, 3.05) is 13.1 Å². The highest BCUT2D eigenvalue weighted by molar-refractivity contribution is 5.96. The van der Waals surface area contributed by atoms with Gasteiger partial charge in [0.2, 0.25) is 0 Å². The molecule has 17 heavy (non-hydrogen) atoms. The van der Waals surface area contributed by atoms with Gasteiger partial charge in [0.15, 0.2) is 0 Å². The Morgan fingerprint density at radius 3 is 2.88 bits per heavy atom. The van der Waals surface area contributed by atoms with Gasteiger partial charge < -0.3 is 4.90 Å². The van der Waals surface area contributed by atoms with Crippen LogP contribution in [-0.2, 0) is 6.42 Å². The number of nitrogens with zero attached hydrogens (tertiary/aromatic N) is 1. The Balaban J connectivity index is 2.07. The summed E-state index contributed by atoms with van der Waals surface area (Å²) >= 11 is 0. The number of amides is 1. The average molecular weight is 231 g/mol. The van der Waals surface area contributed by atoms with Crippen molar-refractivity contribution in [1.29, 1.82) is 0 Å². The SMILES string of the molecule is CCCC(C)CN1CCc2ccccc2C1=O. The molecule has 1 amide bonds. The summed E-state index contributed by atoms with van der Waals surface area (Å²) < 4.78 is 0. The Labute approximate surface area is 104 Å². The van der Waals surface area contributed by atoms with Gasteiger partial charge in [-0.05, 0) is 30.4 Å². The minimum atomic E-state index is 0.217. The summed E-state index contributed by atoms with van der Waals surface area (Å²) in [4.78, 5) is 14.3. The predicted octanol–water partition coefficient (Wildman–Crippen LogP) is 3.12. The zero-order valence-electron chi connectivity index (χ0n) is 10.8. The van der Waals surface area contributed by atoms with Crippen LogP contribution in [-0.4, -0.2) is 23.9 Å². The molecule has 0 spiro atoms. The van der Waals surface area contributed by atoms with Crippen LogP contribution in [0.5, 0.6) is 0 Å². The Kier molecular flexibility index (Phi) is 3.82. The third-order valence-corrected chi connectivity index (χ3v) is 3.50. The molecule has 0 radical (unpaired) electrons. The zero-order valence-corrected chi connectivity index (χ0v) is 10.8. The van der Waals surface area contributed by atoms with Crippen LogP contribution < -0.4 is 0 Å². The molecule has 1 aromatic carbocycles. The fraction of sp³-hybridized carbons (Fsp3) is 0.533. The molecule has 1 aliphatic heterocycles. The number of hydrogen-bond donors (Lipinski definition) is 0. The molecule has 1 aliphatic rings. The van der Waals surface area contributed by atoms with Crippen LogP contribution >= 0.6 is 0 Å². The average Bonchev–Trinajstić information content (AvgIpc) is 2.33. The van der Waals surface area contributed by atoms with E-state index in [0.29, 0.717) is 5.92 Å². The van der Waals surface area contributed by atoms with E-state index in [2.05, 4.69) is 19.9 Å². The number of hydrogen-bond acceptors (Lipinski definition) is 1. The fourth-order valence-electron chi connectivity index (χ4n) is 2.61. The van der Waals surface area contributed by atoms with E-state index in [-0.39, 0.29) is 5.91 Å². The minimum Gasteiger partial charge on any atom is -0.338 e. The van der Waals surface area contributed by atoms with Gasteiger partial charge >= 0.3 is 0 Å². The Morgan fingerprint density at radius 2 is 2.12 bits per heavy atom. The number of benzene rings is 1. The van der Waals surface area contributed by atoms with Gasteiger partial charge in [-0.2, -0.15) is 0 Å². The van der Waals surface area contributed by atoms with Gasteiger partial charge in [-0.25, -0.2) is 0 Å². The number of rotatable bonds is 4. The van der Waals surface area contributed by atoms with Crippen LogP contribution in [0.1, 0.15) is 42.6 Å². The highest BCUT2D eigenvalue weighted by Gasteiger charge is 2.24. The van der Waals surface area contributed by atoms with Crippen LogP contribution in [0.15, 0.2) is 24.3 Å². The normalized spacial score (nSPS) is 16.8. The third kappa shape index (κ3) is 2.68. The molecule has 0 aromatic heterocycles. The molecule has 1 unspecified atom stereocenters. The van der Waals surface area contributed by atoms with E-state index in [1.54, 1.807) is 0 Å². The summed E-state index contributed by atoms with van der Waals surface area (Å²) in [6, 6.07) is 7.99. The first-order valence-corrected chi connectivity index (χ1v) is 6.59. The number of carbonyl (C=O) groups is 1. The summed E-state index contributed by atoms with van der Waals surface area (Å²) in [6.45, 7) is 6.21. The smallest absolute Gasteiger partial charge is 0.254 e. The largest absolute Gasteiger partial charge is 0.338 e. The molecule has 1 atom stereocenters. The standard InChI is InChI=1S/C15H21NO/c1-3-6-12(2)11-16-10-9-13-7-4-5-8-14(13)15(16)17/h4-5,7-8,12H,3,6,9-11H2,1-2H3. The first kappa shape index (κ1) is 12.2. The van der Waals surface area contributed by atoms with E-state index in [0.717, 1.165) is 25.1 Å². The molecule has 0 bridgehead atoms. The van der Waals surface area contributed by atoms with E-state index in [1.807, 2.05) is 23.1 Å². The van der Waals surface area contributed by atoms with Gasteiger partial charge in [0.25, 0.3) is 5.91 Å². The van der Waals surface area contributed by atoms with Crippen LogP contribution in [0.25, 0.3) is 0 Å². The summed E-state index contributed by atoms with van der Waals surface area (Å²) in [5.41, 5.74) is 2.11. The van der Waals surface area contributed by atoms with Gasteiger partial charge in [-0.1, -0.05) is 38.5 Å². The van der Waals surface area contributed by atoms with Crippen molar-refractivity contribution in [3.8, 4) is 0 Å². The zero-order chi connectivity index (χ0) is 12.3. The summed E-state index contributed by atoms with van der Waals surface area (Å²) in [5, 5.41) is 0. The quantitative estimate of drug-likeness (QED) is 0.779. The molecule has 92 valence electrons. The Hall–Kier alpha value is -1.31. The van der Waals surface area contributed by atoms with E-state index >= 15 is 0 Å². The summed E-state index contributed by atoms with van der Waals surface area (Å²) in [6.07, 6.45) is 3.39. The second-order valence-corrected chi connectivity index (χ2v) is 5.05. The highest BCUT2D eigenvalue weighted by atomic mass is 16.2. The van der Waals surface area contributed by atoms with Crippen molar-refractivity contribution in [2.45, 2.75) is 33.1 Å². The maximum absolute atomic E-state index is 12.3. The topological polar surface area (TPSA) is 20.3 Å². The van der Waals surface area contributed by atoms with E-state index in [1.165, 1.54) is 18.4 Å². The molecule has 0 fully saturated rings. The molecule has 0 N–H and O–H groups in total. The van der Waals surface area contributed by atoms with Crippen molar-refractivity contribution in [3.05, 3.63) is 35.4 Å². The fourth-order valence-corrected chi connectivity index (χ4v) is 2.61. The van der Waals surface area contributed by atoms with Gasteiger partial charge in [0.1, 0.15) is 0 Å². The molecule has 1 heterocycles. The Morgan fingerprint density at radius 1 is 1.35 bits per heavy atom. The molecule has 2 rings (SSSR count). The van der Waals surface area contributed by atoms with Gasteiger partial charge in [-0.15, -0.1) is 0 Å². The van der Waals surface area contributed by atoms with Crippen molar-refractivity contribution >= 4 is 5.91 Å². The van der Waals surface area contributed by atoms with Crippen LogP contribution in [0.3, 0.4) is 0 Å². The maximum Gasteiger partial charge on any atom is 0.254 e. The van der Waals surface area contributed by atoms with E-state index < -0.39 is 0 Å². The molecule has 0 aliphatic carbocycles.